The van der Waals surface area contributed by atoms with Gasteiger partial charge in [-0.1, -0.05) is 30.9 Å². The maximum atomic E-state index is 13.3. The second-order valence-electron chi connectivity index (χ2n) is 7.71. The summed E-state index contributed by atoms with van der Waals surface area (Å²) in [5.74, 6) is 1.33. The number of piperazine rings is 1. The number of halogens is 1. The highest BCUT2D eigenvalue weighted by Crippen LogP contribution is 2.39. The van der Waals surface area contributed by atoms with Crippen LogP contribution in [0, 0.1) is 11.0 Å². The number of para-hydroxylation sites is 1. The highest BCUT2D eigenvalue weighted by molar-refractivity contribution is 5.75. The van der Waals surface area contributed by atoms with E-state index in [2.05, 4.69) is 22.4 Å². The molecule has 1 fully saturated rings. The minimum atomic E-state index is -0.288. The molecule has 0 saturated carbocycles. The van der Waals surface area contributed by atoms with E-state index in [1.165, 1.54) is 18.3 Å². The smallest absolute Gasteiger partial charge is 0.184 e. The van der Waals surface area contributed by atoms with Crippen LogP contribution in [-0.4, -0.2) is 50.8 Å². The van der Waals surface area contributed by atoms with Crippen molar-refractivity contribution >= 4 is 11.3 Å². The molecule has 32 heavy (non-hydrogen) atoms. The number of benzene rings is 2. The van der Waals surface area contributed by atoms with Crippen molar-refractivity contribution in [1.29, 1.82) is 0 Å². The Balaban J connectivity index is 1.42. The number of ether oxygens (including phenoxy) is 2. The molecule has 0 spiro atoms. The second kappa shape index (κ2) is 10.3. The van der Waals surface area contributed by atoms with Crippen LogP contribution < -0.4 is 19.9 Å². The third-order valence-electron chi connectivity index (χ3n) is 5.65. The maximum Gasteiger partial charge on any atom is 0.184 e. The van der Waals surface area contributed by atoms with Gasteiger partial charge >= 0.3 is 0 Å². The summed E-state index contributed by atoms with van der Waals surface area (Å²) in [6, 6.07) is 12.2. The fourth-order valence-corrected chi connectivity index (χ4v) is 4.02. The average molecular weight is 437 g/mol. The van der Waals surface area contributed by atoms with Crippen LogP contribution in [0.1, 0.15) is 5.56 Å². The molecular formula is C25H27FN3O3-. The van der Waals surface area contributed by atoms with E-state index >= 15 is 0 Å². The van der Waals surface area contributed by atoms with Gasteiger partial charge in [-0.25, -0.2) is 4.39 Å². The van der Waals surface area contributed by atoms with Crippen LogP contribution in [0.15, 0.2) is 73.0 Å². The molecular weight excluding hydrogens is 409 g/mol. The Bertz CT molecular complexity index is 996. The molecule has 4 rings (SSSR count). The van der Waals surface area contributed by atoms with Gasteiger partial charge in [-0.05, 0) is 53.3 Å². The van der Waals surface area contributed by atoms with Gasteiger partial charge in [-0.2, -0.15) is 0 Å². The number of anilines is 1. The van der Waals surface area contributed by atoms with Crippen LogP contribution in [0.25, 0.3) is 5.57 Å². The lowest BCUT2D eigenvalue weighted by molar-refractivity contribution is 0.171. The molecule has 2 aliphatic rings. The van der Waals surface area contributed by atoms with Crippen molar-refractivity contribution in [3.05, 3.63) is 89.6 Å². The highest BCUT2D eigenvalue weighted by Gasteiger charge is 2.23. The zero-order chi connectivity index (χ0) is 22.3. The molecule has 0 atom stereocenters. The average Bonchev–Trinajstić information content (AvgIpc) is 2.83. The molecule has 0 bridgehead atoms. The molecule has 2 heterocycles. The number of fused-ring (bicyclic) bond motifs is 1. The standard InChI is InChI=1S/C25H27FN3O3/c1-2-20(21-6-8-22(26)9-7-21)16-19(17-27-30)18-28-10-12-29(13-11-28)23-4-3-5-24-25(23)32-15-14-31-24/h2-9,16-17,27H,1,10-15,18H2/q-1/b19-17+,20-16+. The van der Waals surface area contributed by atoms with Crippen LogP contribution in [0.2, 0.25) is 0 Å². The fourth-order valence-electron chi connectivity index (χ4n) is 4.02. The van der Waals surface area contributed by atoms with E-state index in [4.69, 9.17) is 9.47 Å². The van der Waals surface area contributed by atoms with Crippen molar-refractivity contribution in [3.63, 3.8) is 0 Å². The molecule has 0 amide bonds. The SMILES string of the molecule is C=C/C(=C\C(=C/N[O-])CN1CCN(c2cccc3c2OCCO3)CC1)c1ccc(F)cc1. The lowest BCUT2D eigenvalue weighted by Crippen LogP contribution is -2.47. The van der Waals surface area contributed by atoms with Crippen molar-refractivity contribution in [2.45, 2.75) is 0 Å². The molecule has 2 aromatic rings. The first-order valence-corrected chi connectivity index (χ1v) is 10.7. The van der Waals surface area contributed by atoms with Crippen molar-refractivity contribution in [1.82, 2.24) is 10.4 Å². The number of nitrogens with one attached hydrogen (secondary N) is 1. The highest BCUT2D eigenvalue weighted by atomic mass is 19.1. The van der Waals surface area contributed by atoms with Crippen molar-refractivity contribution in [2.75, 3.05) is 50.8 Å². The Morgan fingerprint density at radius 2 is 1.81 bits per heavy atom. The van der Waals surface area contributed by atoms with Crippen LogP contribution in [0.5, 0.6) is 11.5 Å². The van der Waals surface area contributed by atoms with E-state index in [-0.39, 0.29) is 5.82 Å². The van der Waals surface area contributed by atoms with Gasteiger partial charge in [0.25, 0.3) is 0 Å². The summed E-state index contributed by atoms with van der Waals surface area (Å²) in [7, 11) is 0. The maximum absolute atomic E-state index is 13.3. The number of hydrogen-bond donors (Lipinski definition) is 1. The number of hydrogen-bond acceptors (Lipinski definition) is 6. The Hall–Kier alpha value is -3.29. The zero-order valence-corrected chi connectivity index (χ0v) is 17.9. The topological polar surface area (TPSA) is 60.0 Å². The molecule has 168 valence electrons. The summed E-state index contributed by atoms with van der Waals surface area (Å²) >= 11 is 0. The summed E-state index contributed by atoms with van der Waals surface area (Å²) in [6.45, 7) is 8.99. The van der Waals surface area contributed by atoms with Gasteiger partial charge in [0, 0.05) is 32.7 Å². The van der Waals surface area contributed by atoms with Gasteiger partial charge in [0.05, 0.1) is 5.69 Å². The largest absolute Gasteiger partial charge is 0.761 e. The van der Waals surface area contributed by atoms with Crippen LogP contribution in [-0.2, 0) is 0 Å². The summed E-state index contributed by atoms with van der Waals surface area (Å²) in [4.78, 5) is 4.61. The van der Waals surface area contributed by atoms with Gasteiger partial charge < -0.3 is 25.1 Å². The van der Waals surface area contributed by atoms with Crippen molar-refractivity contribution in [2.24, 2.45) is 0 Å². The number of nitrogens with zero attached hydrogens (tertiary/aromatic N) is 2. The lowest BCUT2D eigenvalue weighted by Gasteiger charge is -2.37. The summed E-state index contributed by atoms with van der Waals surface area (Å²) in [6.07, 6.45) is 5.08. The van der Waals surface area contributed by atoms with Gasteiger partial charge in [0.2, 0.25) is 0 Å². The Morgan fingerprint density at radius 3 is 2.53 bits per heavy atom. The Kier molecular flexibility index (Phi) is 7.09. The molecule has 0 aliphatic carbocycles. The monoisotopic (exact) mass is 436 g/mol. The number of hydroxylamine groups is 1. The Morgan fingerprint density at radius 1 is 1.06 bits per heavy atom. The minimum Gasteiger partial charge on any atom is -0.761 e. The molecule has 6 nitrogen and oxygen atoms in total. The normalized spacial score (nSPS) is 17.2. The summed E-state index contributed by atoms with van der Waals surface area (Å²) < 4.78 is 24.8. The van der Waals surface area contributed by atoms with Crippen LogP contribution in [0.4, 0.5) is 10.1 Å². The number of allylic oxidation sites excluding steroid dienone is 2. The van der Waals surface area contributed by atoms with Crippen LogP contribution in [0.3, 0.4) is 0 Å². The first-order valence-electron chi connectivity index (χ1n) is 10.7. The molecule has 0 aromatic heterocycles. The quantitative estimate of drug-likeness (QED) is 0.524. The lowest BCUT2D eigenvalue weighted by atomic mass is 10.0. The molecule has 1 saturated heterocycles. The first-order chi connectivity index (χ1) is 15.7. The molecule has 7 heteroatoms. The van der Waals surface area contributed by atoms with E-state index in [0.29, 0.717) is 19.8 Å². The molecule has 2 aromatic carbocycles. The van der Waals surface area contributed by atoms with Crippen LogP contribution >= 0.6 is 0 Å². The van der Waals surface area contributed by atoms with E-state index in [0.717, 1.165) is 60.1 Å². The van der Waals surface area contributed by atoms with Gasteiger partial charge in [0.1, 0.15) is 19.0 Å². The third kappa shape index (κ3) is 5.12. The van der Waals surface area contributed by atoms with Gasteiger partial charge in [0.15, 0.2) is 11.5 Å². The van der Waals surface area contributed by atoms with Crippen molar-refractivity contribution < 1.29 is 13.9 Å². The predicted molar refractivity (Wildman–Crippen MR) is 125 cm³/mol. The van der Waals surface area contributed by atoms with E-state index in [1.54, 1.807) is 18.2 Å². The molecule has 0 unspecified atom stereocenters. The van der Waals surface area contributed by atoms with Crippen molar-refractivity contribution in [3.8, 4) is 11.5 Å². The molecule has 1 N–H and O–H groups in total. The van der Waals surface area contributed by atoms with Gasteiger partial charge in [-0.3, -0.25) is 4.90 Å². The Labute approximate surface area is 187 Å². The number of rotatable bonds is 7. The van der Waals surface area contributed by atoms with E-state index < -0.39 is 0 Å². The fraction of sp³-hybridized carbons (Fsp3) is 0.280. The summed E-state index contributed by atoms with van der Waals surface area (Å²) in [5.41, 5.74) is 5.47. The zero-order valence-electron chi connectivity index (χ0n) is 17.9. The van der Waals surface area contributed by atoms with Gasteiger partial charge in [-0.15, -0.1) is 0 Å². The molecule has 0 radical (unpaired) electrons. The second-order valence-corrected chi connectivity index (χ2v) is 7.71. The first kappa shape index (κ1) is 21.9. The molecule has 2 aliphatic heterocycles. The third-order valence-corrected chi connectivity index (χ3v) is 5.65. The van der Waals surface area contributed by atoms with E-state index in [9.17, 15) is 9.60 Å². The minimum absolute atomic E-state index is 0.288. The summed E-state index contributed by atoms with van der Waals surface area (Å²) in [5, 5.41) is 11.1. The van der Waals surface area contributed by atoms with E-state index in [1.807, 2.05) is 23.7 Å². The predicted octanol–water partition coefficient (Wildman–Crippen LogP) is 3.96.